The number of sulfonamides is 1. The van der Waals surface area contributed by atoms with Gasteiger partial charge in [0, 0.05) is 11.4 Å². The molecule has 0 aliphatic heterocycles. The first kappa shape index (κ1) is 19.9. The van der Waals surface area contributed by atoms with Crippen LogP contribution in [0.1, 0.15) is 17.6 Å². The first-order valence-electron chi connectivity index (χ1n) is 6.65. The van der Waals surface area contributed by atoms with Gasteiger partial charge < -0.3 is 15.1 Å². The van der Waals surface area contributed by atoms with Crippen LogP contribution in [0.4, 0.5) is 0 Å². The summed E-state index contributed by atoms with van der Waals surface area (Å²) >= 11 is 1.14. The number of halogens is 1. The van der Waals surface area contributed by atoms with E-state index in [4.69, 9.17) is 9.56 Å². The molecule has 0 saturated heterocycles. The quantitative estimate of drug-likeness (QED) is 0.339. The number of guanidine groups is 1. The minimum atomic E-state index is -3.64. The molecule has 7 nitrogen and oxygen atoms in total. The van der Waals surface area contributed by atoms with E-state index in [2.05, 4.69) is 15.6 Å². The van der Waals surface area contributed by atoms with Crippen molar-refractivity contribution >= 4 is 51.3 Å². The van der Waals surface area contributed by atoms with Gasteiger partial charge in [-0.1, -0.05) is 0 Å². The topological polar surface area (TPSA) is 110 Å². The van der Waals surface area contributed by atoms with Crippen molar-refractivity contribution in [3.05, 3.63) is 41.2 Å². The van der Waals surface area contributed by atoms with Crippen LogP contribution in [-0.4, -0.2) is 20.9 Å². The summed E-state index contributed by atoms with van der Waals surface area (Å²) in [4.78, 5) is 5.24. The van der Waals surface area contributed by atoms with E-state index in [0.717, 1.165) is 28.5 Å². The number of thiophene rings is 1. The Morgan fingerprint density at radius 3 is 2.70 bits per heavy atom. The maximum Gasteiger partial charge on any atom is 0.247 e. The molecule has 4 N–H and O–H groups in total. The largest absolute Gasteiger partial charge is 0.467 e. The Hall–Kier alpha value is -1.11. The fourth-order valence-corrected chi connectivity index (χ4v) is 3.40. The minimum Gasteiger partial charge on any atom is -0.467 e. The zero-order valence-electron chi connectivity index (χ0n) is 12.5. The van der Waals surface area contributed by atoms with E-state index in [0.29, 0.717) is 19.0 Å². The normalized spacial score (nSPS) is 11.8. The van der Waals surface area contributed by atoms with Crippen LogP contribution in [0.2, 0.25) is 0 Å². The highest BCUT2D eigenvalue weighted by molar-refractivity contribution is 14.0. The van der Waals surface area contributed by atoms with Crippen molar-refractivity contribution in [2.24, 2.45) is 10.1 Å². The standard InChI is InChI=1S/C13H18N4O3S2.HI/c1-2-15-13(16-8-10-4-3-7-20-10)17-9-11-5-6-12(21-11)22(14,18)19;/h3-7H,2,8-9H2,1H3,(H2,14,18,19)(H2,15,16,17);1H. The first-order valence-corrected chi connectivity index (χ1v) is 9.01. The van der Waals surface area contributed by atoms with Gasteiger partial charge in [-0.25, -0.2) is 18.5 Å². The van der Waals surface area contributed by atoms with E-state index < -0.39 is 10.0 Å². The van der Waals surface area contributed by atoms with Crippen LogP contribution in [0.15, 0.2) is 44.1 Å². The molecule has 0 saturated carbocycles. The molecular weight excluding hydrogens is 451 g/mol. The van der Waals surface area contributed by atoms with Crippen molar-refractivity contribution in [2.75, 3.05) is 6.54 Å². The fraction of sp³-hybridized carbons (Fsp3) is 0.308. The molecule has 0 fully saturated rings. The predicted molar refractivity (Wildman–Crippen MR) is 101 cm³/mol. The first-order chi connectivity index (χ1) is 10.5. The molecule has 0 unspecified atom stereocenters. The number of hydrogen-bond acceptors (Lipinski definition) is 5. The maximum atomic E-state index is 11.2. The SMILES string of the molecule is CCNC(=NCc1ccco1)NCc1ccc(S(N)(=O)=O)s1.I. The summed E-state index contributed by atoms with van der Waals surface area (Å²) in [6.45, 7) is 3.57. The molecule has 128 valence electrons. The van der Waals surface area contributed by atoms with Gasteiger partial charge in [-0.05, 0) is 31.2 Å². The van der Waals surface area contributed by atoms with Gasteiger partial charge in [0.1, 0.15) is 16.5 Å². The number of nitrogens with one attached hydrogen (secondary N) is 2. The molecule has 0 aliphatic rings. The Morgan fingerprint density at radius 2 is 2.13 bits per heavy atom. The smallest absolute Gasteiger partial charge is 0.247 e. The Labute approximate surface area is 156 Å². The zero-order chi connectivity index (χ0) is 16.0. The average molecular weight is 470 g/mol. The van der Waals surface area contributed by atoms with Crippen molar-refractivity contribution in [3.63, 3.8) is 0 Å². The van der Waals surface area contributed by atoms with Crippen molar-refractivity contribution in [1.29, 1.82) is 0 Å². The van der Waals surface area contributed by atoms with E-state index in [1.165, 1.54) is 6.07 Å². The van der Waals surface area contributed by atoms with Crippen LogP contribution >= 0.6 is 35.3 Å². The summed E-state index contributed by atoms with van der Waals surface area (Å²) in [5.41, 5.74) is 0. The lowest BCUT2D eigenvalue weighted by Crippen LogP contribution is -2.36. The van der Waals surface area contributed by atoms with Crippen molar-refractivity contribution in [3.8, 4) is 0 Å². The van der Waals surface area contributed by atoms with Crippen molar-refractivity contribution in [2.45, 2.75) is 24.2 Å². The number of hydrogen-bond donors (Lipinski definition) is 3. The molecule has 0 amide bonds. The van der Waals surface area contributed by atoms with E-state index in [-0.39, 0.29) is 28.2 Å². The van der Waals surface area contributed by atoms with Gasteiger partial charge in [0.05, 0.1) is 12.8 Å². The Kier molecular flexibility index (Phi) is 8.02. The number of rotatable bonds is 6. The van der Waals surface area contributed by atoms with Crippen LogP contribution in [-0.2, 0) is 23.1 Å². The number of nitrogens with two attached hydrogens (primary N) is 1. The average Bonchev–Trinajstić information content (AvgIpc) is 3.12. The number of nitrogens with zero attached hydrogens (tertiary/aromatic N) is 1. The Balaban J connectivity index is 0.00000264. The van der Waals surface area contributed by atoms with E-state index >= 15 is 0 Å². The zero-order valence-corrected chi connectivity index (χ0v) is 16.4. The Bertz CT molecular complexity index is 726. The molecule has 2 aromatic rings. The summed E-state index contributed by atoms with van der Waals surface area (Å²) < 4.78 is 27.9. The highest BCUT2D eigenvalue weighted by Gasteiger charge is 2.11. The molecule has 2 aromatic heterocycles. The molecule has 2 heterocycles. The van der Waals surface area contributed by atoms with Gasteiger partial charge in [-0.3, -0.25) is 0 Å². The van der Waals surface area contributed by atoms with Gasteiger partial charge in [0.15, 0.2) is 5.96 Å². The van der Waals surface area contributed by atoms with Crippen LogP contribution in [0.5, 0.6) is 0 Å². The molecule has 0 aromatic carbocycles. The molecule has 0 spiro atoms. The summed E-state index contributed by atoms with van der Waals surface area (Å²) in [6.07, 6.45) is 1.60. The van der Waals surface area contributed by atoms with Gasteiger partial charge >= 0.3 is 0 Å². The Morgan fingerprint density at radius 1 is 1.35 bits per heavy atom. The number of furan rings is 1. The van der Waals surface area contributed by atoms with Crippen LogP contribution < -0.4 is 15.8 Å². The van der Waals surface area contributed by atoms with Gasteiger partial charge in [0.25, 0.3) is 0 Å². The summed E-state index contributed by atoms with van der Waals surface area (Å²) in [7, 11) is -3.64. The molecule has 0 radical (unpaired) electrons. The molecule has 0 aliphatic carbocycles. The lowest BCUT2D eigenvalue weighted by Gasteiger charge is -2.09. The second kappa shape index (κ2) is 9.25. The van der Waals surface area contributed by atoms with Crippen LogP contribution in [0, 0.1) is 0 Å². The fourth-order valence-electron chi connectivity index (χ4n) is 1.68. The second-order valence-corrected chi connectivity index (χ2v) is 7.35. The molecule has 0 atom stereocenters. The van der Waals surface area contributed by atoms with Gasteiger partial charge in [-0.15, -0.1) is 35.3 Å². The third-order valence-corrected chi connectivity index (χ3v) is 5.19. The van der Waals surface area contributed by atoms with E-state index in [1.54, 1.807) is 12.3 Å². The van der Waals surface area contributed by atoms with Gasteiger partial charge in [0.2, 0.25) is 10.0 Å². The third kappa shape index (κ3) is 6.49. The molecule has 23 heavy (non-hydrogen) atoms. The second-order valence-electron chi connectivity index (χ2n) is 4.39. The van der Waals surface area contributed by atoms with Crippen LogP contribution in [0.25, 0.3) is 0 Å². The highest BCUT2D eigenvalue weighted by Crippen LogP contribution is 2.19. The lowest BCUT2D eigenvalue weighted by molar-refractivity contribution is 0.512. The maximum absolute atomic E-state index is 11.2. The number of primary sulfonamides is 1. The van der Waals surface area contributed by atoms with E-state index in [9.17, 15) is 8.42 Å². The lowest BCUT2D eigenvalue weighted by atomic mass is 10.4. The molecule has 10 heteroatoms. The molecule has 0 bridgehead atoms. The van der Waals surface area contributed by atoms with Crippen molar-refractivity contribution < 1.29 is 12.8 Å². The van der Waals surface area contributed by atoms with E-state index in [1.807, 2.05) is 19.1 Å². The highest BCUT2D eigenvalue weighted by atomic mass is 127. The summed E-state index contributed by atoms with van der Waals surface area (Å²) in [6, 6.07) is 6.90. The predicted octanol–water partition coefficient (Wildman–Crippen LogP) is 1.86. The third-order valence-electron chi connectivity index (χ3n) is 2.66. The summed E-state index contributed by atoms with van der Waals surface area (Å²) in [5, 5.41) is 11.3. The monoisotopic (exact) mass is 470 g/mol. The van der Waals surface area contributed by atoms with Crippen LogP contribution in [0.3, 0.4) is 0 Å². The van der Waals surface area contributed by atoms with Gasteiger partial charge in [-0.2, -0.15) is 0 Å². The number of aliphatic imine (C=N–C) groups is 1. The van der Waals surface area contributed by atoms with Crippen molar-refractivity contribution in [1.82, 2.24) is 10.6 Å². The molecular formula is C13H19IN4O3S2. The minimum absolute atomic E-state index is 0. The molecule has 2 rings (SSSR count). The summed E-state index contributed by atoms with van der Waals surface area (Å²) in [5.74, 6) is 1.40.